The molecule has 1 aromatic carbocycles. The SMILES string of the molecule is COc1ccc(C2(C)NC(=O)N(NC(=O)CN(C)OC)C2=O)cc1. The number of imide groups is 1. The maximum absolute atomic E-state index is 12.6. The minimum absolute atomic E-state index is 0.132. The molecule has 9 heteroatoms. The first-order valence-electron chi connectivity index (χ1n) is 7.17. The molecule has 0 spiro atoms. The molecular weight excluding hydrogens is 316 g/mol. The molecule has 0 saturated carbocycles. The third kappa shape index (κ3) is 3.31. The van der Waals surface area contributed by atoms with Gasteiger partial charge in [0.25, 0.3) is 11.8 Å². The van der Waals surface area contributed by atoms with Gasteiger partial charge in [-0.2, -0.15) is 10.1 Å². The highest BCUT2D eigenvalue weighted by Gasteiger charge is 2.50. The molecule has 1 aromatic rings. The lowest BCUT2D eigenvalue weighted by Gasteiger charge is -2.22. The lowest BCUT2D eigenvalue weighted by atomic mass is 9.92. The number of ether oxygens (including phenoxy) is 1. The molecule has 1 saturated heterocycles. The van der Waals surface area contributed by atoms with Crippen molar-refractivity contribution < 1.29 is 24.0 Å². The second-order valence-corrected chi connectivity index (χ2v) is 5.43. The lowest BCUT2D eigenvalue weighted by molar-refractivity contribution is -0.149. The number of hydrazine groups is 1. The molecule has 4 amide bonds. The molecule has 1 atom stereocenters. The van der Waals surface area contributed by atoms with Crippen LogP contribution in [0.25, 0.3) is 0 Å². The van der Waals surface area contributed by atoms with Gasteiger partial charge in [-0.15, -0.1) is 0 Å². The summed E-state index contributed by atoms with van der Waals surface area (Å²) in [6, 6.07) is 6.04. The average Bonchev–Trinajstić information content (AvgIpc) is 2.79. The molecule has 130 valence electrons. The molecule has 1 aliphatic rings. The number of rotatable bonds is 6. The van der Waals surface area contributed by atoms with Gasteiger partial charge >= 0.3 is 6.03 Å². The summed E-state index contributed by atoms with van der Waals surface area (Å²) in [6.07, 6.45) is 0. The second-order valence-electron chi connectivity index (χ2n) is 5.43. The highest BCUT2D eigenvalue weighted by atomic mass is 16.7. The number of carbonyl (C=O) groups is 3. The fraction of sp³-hybridized carbons (Fsp3) is 0.400. The minimum atomic E-state index is -1.27. The van der Waals surface area contributed by atoms with E-state index in [1.807, 2.05) is 0 Å². The largest absolute Gasteiger partial charge is 0.497 e. The number of hydrogen-bond acceptors (Lipinski definition) is 6. The van der Waals surface area contributed by atoms with Crippen molar-refractivity contribution in [2.75, 3.05) is 27.8 Å². The summed E-state index contributed by atoms with van der Waals surface area (Å²) in [4.78, 5) is 41.4. The van der Waals surface area contributed by atoms with E-state index in [0.717, 1.165) is 0 Å². The highest BCUT2D eigenvalue weighted by molar-refractivity contribution is 6.08. The third-order valence-corrected chi connectivity index (χ3v) is 3.77. The standard InChI is InChI=1S/C15H20N4O5/c1-15(10-5-7-11(23-3)8-6-10)13(21)19(14(22)16-15)17-12(20)9-18(2)24-4/h5-8H,9H2,1-4H3,(H,16,22)(H,17,20). The molecule has 24 heavy (non-hydrogen) atoms. The van der Waals surface area contributed by atoms with Gasteiger partial charge < -0.3 is 14.9 Å². The van der Waals surface area contributed by atoms with Crippen LogP contribution in [-0.4, -0.2) is 55.7 Å². The molecule has 0 aliphatic carbocycles. The third-order valence-electron chi connectivity index (χ3n) is 3.77. The second kappa shape index (κ2) is 6.85. The van der Waals surface area contributed by atoms with Crippen LogP contribution in [0.1, 0.15) is 12.5 Å². The number of urea groups is 1. The van der Waals surface area contributed by atoms with Gasteiger partial charge in [0, 0.05) is 7.05 Å². The summed E-state index contributed by atoms with van der Waals surface area (Å²) >= 11 is 0. The molecular formula is C15H20N4O5. The summed E-state index contributed by atoms with van der Waals surface area (Å²) in [6.45, 7) is 1.44. The van der Waals surface area contributed by atoms with Crippen molar-refractivity contribution in [2.24, 2.45) is 0 Å². The Labute approximate surface area is 139 Å². The van der Waals surface area contributed by atoms with Gasteiger partial charge in [-0.3, -0.25) is 15.0 Å². The minimum Gasteiger partial charge on any atom is -0.497 e. The van der Waals surface area contributed by atoms with Crippen LogP contribution in [0.15, 0.2) is 24.3 Å². The Morgan fingerprint density at radius 3 is 2.46 bits per heavy atom. The molecule has 0 bridgehead atoms. The van der Waals surface area contributed by atoms with Crippen LogP contribution in [0.4, 0.5) is 4.79 Å². The van der Waals surface area contributed by atoms with Crippen molar-refractivity contribution in [3.05, 3.63) is 29.8 Å². The van der Waals surface area contributed by atoms with Crippen LogP contribution in [0.3, 0.4) is 0 Å². The van der Waals surface area contributed by atoms with Crippen molar-refractivity contribution in [1.82, 2.24) is 20.8 Å². The van der Waals surface area contributed by atoms with E-state index in [1.54, 1.807) is 38.2 Å². The summed E-state index contributed by atoms with van der Waals surface area (Å²) in [7, 11) is 4.49. The first-order valence-corrected chi connectivity index (χ1v) is 7.17. The van der Waals surface area contributed by atoms with Gasteiger partial charge in [0.05, 0.1) is 14.2 Å². The van der Waals surface area contributed by atoms with E-state index in [0.29, 0.717) is 16.3 Å². The number of methoxy groups -OCH3 is 1. The first-order chi connectivity index (χ1) is 11.3. The van der Waals surface area contributed by atoms with E-state index in [-0.39, 0.29) is 6.54 Å². The molecule has 2 rings (SSSR count). The Morgan fingerprint density at radius 1 is 1.29 bits per heavy atom. The number of hydrogen-bond donors (Lipinski definition) is 2. The van der Waals surface area contributed by atoms with Gasteiger partial charge in [0.1, 0.15) is 17.8 Å². The van der Waals surface area contributed by atoms with Gasteiger partial charge in [0.15, 0.2) is 0 Å². The van der Waals surface area contributed by atoms with Crippen LogP contribution < -0.4 is 15.5 Å². The van der Waals surface area contributed by atoms with E-state index in [2.05, 4.69) is 10.7 Å². The van der Waals surface area contributed by atoms with Crippen LogP contribution in [0.2, 0.25) is 0 Å². The summed E-state index contributed by atoms with van der Waals surface area (Å²) in [5.74, 6) is -0.500. The number of nitrogens with zero attached hydrogens (tertiary/aromatic N) is 2. The summed E-state index contributed by atoms with van der Waals surface area (Å²) in [5, 5.41) is 4.53. The molecule has 2 N–H and O–H groups in total. The molecule has 1 unspecified atom stereocenters. The number of benzene rings is 1. The van der Waals surface area contributed by atoms with Crippen molar-refractivity contribution in [3.63, 3.8) is 0 Å². The zero-order chi connectivity index (χ0) is 17.9. The topological polar surface area (TPSA) is 100 Å². The Morgan fingerprint density at radius 2 is 1.92 bits per heavy atom. The molecule has 1 fully saturated rings. The monoisotopic (exact) mass is 336 g/mol. The lowest BCUT2D eigenvalue weighted by Crippen LogP contribution is -2.50. The zero-order valence-corrected chi connectivity index (χ0v) is 14.0. The van der Waals surface area contributed by atoms with Crippen LogP contribution in [0, 0.1) is 0 Å². The van der Waals surface area contributed by atoms with E-state index in [1.165, 1.54) is 19.3 Å². The van der Waals surface area contributed by atoms with Gasteiger partial charge in [-0.25, -0.2) is 4.79 Å². The average molecular weight is 336 g/mol. The smallest absolute Gasteiger partial charge is 0.344 e. The summed E-state index contributed by atoms with van der Waals surface area (Å²) in [5.41, 5.74) is 1.58. The van der Waals surface area contributed by atoms with Crippen LogP contribution in [0.5, 0.6) is 5.75 Å². The van der Waals surface area contributed by atoms with Crippen molar-refractivity contribution in [2.45, 2.75) is 12.5 Å². The van der Waals surface area contributed by atoms with Crippen LogP contribution in [-0.2, 0) is 20.0 Å². The normalized spacial score (nSPS) is 20.3. The predicted octanol–water partition coefficient (Wildman–Crippen LogP) is -0.0134. The molecule has 9 nitrogen and oxygen atoms in total. The zero-order valence-electron chi connectivity index (χ0n) is 14.0. The Kier molecular flexibility index (Phi) is 5.05. The maximum atomic E-state index is 12.6. The van der Waals surface area contributed by atoms with Crippen LogP contribution >= 0.6 is 0 Å². The number of nitrogens with one attached hydrogen (secondary N) is 2. The summed E-state index contributed by atoms with van der Waals surface area (Å²) < 4.78 is 5.08. The Bertz CT molecular complexity index is 648. The highest BCUT2D eigenvalue weighted by Crippen LogP contribution is 2.29. The Hall–Kier alpha value is -2.65. The van der Waals surface area contributed by atoms with E-state index in [9.17, 15) is 14.4 Å². The van der Waals surface area contributed by atoms with Gasteiger partial charge in [-0.05, 0) is 24.6 Å². The van der Waals surface area contributed by atoms with Gasteiger partial charge in [-0.1, -0.05) is 12.1 Å². The number of hydroxylamine groups is 2. The first kappa shape index (κ1) is 17.7. The fourth-order valence-corrected chi connectivity index (χ4v) is 2.29. The molecule has 0 radical (unpaired) electrons. The maximum Gasteiger partial charge on any atom is 0.344 e. The molecule has 1 heterocycles. The quantitative estimate of drug-likeness (QED) is 0.560. The molecule has 0 aromatic heterocycles. The Balaban J connectivity index is 2.16. The van der Waals surface area contributed by atoms with Crippen molar-refractivity contribution in [3.8, 4) is 5.75 Å². The van der Waals surface area contributed by atoms with Crippen molar-refractivity contribution >= 4 is 17.8 Å². The van der Waals surface area contributed by atoms with E-state index in [4.69, 9.17) is 9.57 Å². The van der Waals surface area contributed by atoms with E-state index >= 15 is 0 Å². The van der Waals surface area contributed by atoms with Crippen molar-refractivity contribution in [1.29, 1.82) is 0 Å². The fourth-order valence-electron chi connectivity index (χ4n) is 2.29. The number of carbonyl (C=O) groups excluding carboxylic acids is 3. The predicted molar refractivity (Wildman–Crippen MR) is 83.5 cm³/mol. The van der Waals surface area contributed by atoms with E-state index < -0.39 is 23.4 Å². The molecule has 1 aliphatic heterocycles. The number of amides is 4. The number of likely N-dealkylation sites (N-methyl/N-ethyl adjacent to an activating group) is 1. The van der Waals surface area contributed by atoms with Gasteiger partial charge in [0.2, 0.25) is 0 Å².